The van der Waals surface area contributed by atoms with Gasteiger partial charge in [-0.05, 0) is 50.1 Å². The van der Waals surface area contributed by atoms with Crippen molar-refractivity contribution in [3.8, 4) is 5.75 Å². The first kappa shape index (κ1) is 24.0. The van der Waals surface area contributed by atoms with E-state index < -0.39 is 17.7 Å². The number of ketones is 1. The van der Waals surface area contributed by atoms with Gasteiger partial charge < -0.3 is 19.5 Å². The second-order valence-corrected chi connectivity index (χ2v) is 8.77. The smallest absolute Gasteiger partial charge is 0.295 e. The standard InChI is InChI=1S/C27H32N2O5/c1-4-34-21-9-10-22(19(3)17-21)25(30)23-24(20-7-5-18(2)6-8-20)29(27(32)26(23)31)12-11-28-13-15-33-16-14-28/h5-10,17,24,30H,4,11-16H2,1-3H3. The summed E-state index contributed by atoms with van der Waals surface area (Å²) < 4.78 is 11.0. The molecule has 0 radical (unpaired) electrons. The number of nitrogens with zero attached hydrogens (tertiary/aromatic N) is 2. The second-order valence-electron chi connectivity index (χ2n) is 8.77. The summed E-state index contributed by atoms with van der Waals surface area (Å²) >= 11 is 0. The zero-order valence-electron chi connectivity index (χ0n) is 20.0. The van der Waals surface area contributed by atoms with Crippen LogP contribution in [0.4, 0.5) is 0 Å². The number of amides is 1. The van der Waals surface area contributed by atoms with E-state index in [1.54, 1.807) is 17.0 Å². The van der Waals surface area contributed by atoms with E-state index in [1.807, 2.05) is 51.1 Å². The molecule has 1 atom stereocenters. The van der Waals surface area contributed by atoms with E-state index in [0.29, 0.717) is 44.2 Å². The number of aryl methyl sites for hydroxylation is 2. The van der Waals surface area contributed by atoms with E-state index in [4.69, 9.17) is 9.47 Å². The molecule has 0 aliphatic carbocycles. The highest BCUT2D eigenvalue weighted by atomic mass is 16.5. The molecule has 7 nitrogen and oxygen atoms in total. The molecule has 2 heterocycles. The minimum Gasteiger partial charge on any atom is -0.507 e. The Morgan fingerprint density at radius 1 is 1.06 bits per heavy atom. The Bertz CT molecular complexity index is 1090. The Hall–Kier alpha value is -3.16. The summed E-state index contributed by atoms with van der Waals surface area (Å²) in [5.41, 5.74) is 3.30. The molecule has 2 saturated heterocycles. The summed E-state index contributed by atoms with van der Waals surface area (Å²) in [6.45, 7) is 10.2. The zero-order valence-corrected chi connectivity index (χ0v) is 20.0. The lowest BCUT2D eigenvalue weighted by atomic mass is 9.93. The van der Waals surface area contributed by atoms with Crippen LogP contribution in [0.5, 0.6) is 5.75 Å². The first-order valence-corrected chi connectivity index (χ1v) is 11.8. The predicted molar refractivity (Wildman–Crippen MR) is 130 cm³/mol. The Morgan fingerprint density at radius 3 is 2.41 bits per heavy atom. The van der Waals surface area contributed by atoms with Crippen LogP contribution >= 0.6 is 0 Å². The number of Topliss-reactive ketones (excluding diaryl/α,β-unsaturated/α-hetero) is 1. The minimum absolute atomic E-state index is 0.128. The van der Waals surface area contributed by atoms with Crippen molar-refractivity contribution in [2.24, 2.45) is 0 Å². The van der Waals surface area contributed by atoms with E-state index in [0.717, 1.165) is 29.8 Å². The van der Waals surface area contributed by atoms with Gasteiger partial charge in [0.05, 0.1) is 31.4 Å². The summed E-state index contributed by atoms with van der Waals surface area (Å²) in [6, 6.07) is 12.4. The first-order valence-electron chi connectivity index (χ1n) is 11.8. The van der Waals surface area contributed by atoms with Gasteiger partial charge in [-0.2, -0.15) is 0 Å². The number of aliphatic hydroxyl groups is 1. The maximum atomic E-state index is 13.2. The van der Waals surface area contributed by atoms with Gasteiger partial charge in [-0.15, -0.1) is 0 Å². The lowest BCUT2D eigenvalue weighted by Gasteiger charge is -2.31. The van der Waals surface area contributed by atoms with E-state index in [2.05, 4.69) is 4.90 Å². The third-order valence-corrected chi connectivity index (χ3v) is 6.46. The number of ether oxygens (including phenoxy) is 2. The number of likely N-dealkylation sites (tertiary alicyclic amines) is 1. The van der Waals surface area contributed by atoms with Crippen molar-refractivity contribution in [3.63, 3.8) is 0 Å². The van der Waals surface area contributed by atoms with Crippen molar-refractivity contribution >= 4 is 17.4 Å². The average Bonchev–Trinajstić information content (AvgIpc) is 3.08. The number of carbonyl (C=O) groups is 2. The summed E-state index contributed by atoms with van der Waals surface area (Å²) in [5.74, 6) is -0.696. The van der Waals surface area contributed by atoms with Crippen LogP contribution in [-0.2, 0) is 14.3 Å². The van der Waals surface area contributed by atoms with Gasteiger partial charge in [0.25, 0.3) is 11.7 Å². The molecule has 7 heteroatoms. The molecule has 2 aliphatic heterocycles. The van der Waals surface area contributed by atoms with Gasteiger partial charge in [-0.25, -0.2) is 0 Å². The van der Waals surface area contributed by atoms with E-state index in [-0.39, 0.29) is 11.3 Å². The molecule has 1 amide bonds. The molecule has 2 fully saturated rings. The monoisotopic (exact) mass is 464 g/mol. The Morgan fingerprint density at radius 2 is 1.76 bits per heavy atom. The van der Waals surface area contributed by atoms with Crippen molar-refractivity contribution in [1.29, 1.82) is 0 Å². The third-order valence-electron chi connectivity index (χ3n) is 6.46. The van der Waals surface area contributed by atoms with E-state index in [1.165, 1.54) is 0 Å². The van der Waals surface area contributed by atoms with Gasteiger partial charge >= 0.3 is 0 Å². The average molecular weight is 465 g/mol. The number of hydrogen-bond acceptors (Lipinski definition) is 6. The molecular weight excluding hydrogens is 432 g/mol. The molecule has 180 valence electrons. The number of aliphatic hydroxyl groups excluding tert-OH is 1. The Labute approximate surface area is 200 Å². The van der Waals surface area contributed by atoms with Gasteiger partial charge in [0.15, 0.2) is 0 Å². The molecule has 34 heavy (non-hydrogen) atoms. The molecule has 2 aromatic carbocycles. The molecule has 2 aromatic rings. The van der Waals surface area contributed by atoms with Gasteiger partial charge in [0.1, 0.15) is 11.5 Å². The van der Waals surface area contributed by atoms with Crippen LogP contribution in [0.1, 0.15) is 35.2 Å². The van der Waals surface area contributed by atoms with Gasteiger partial charge in [0.2, 0.25) is 0 Å². The number of morpholine rings is 1. The molecule has 1 N–H and O–H groups in total. The zero-order chi connectivity index (χ0) is 24.2. The SMILES string of the molecule is CCOc1ccc(C(O)=C2C(=O)C(=O)N(CCN3CCOCC3)C2c2ccc(C)cc2)c(C)c1. The topological polar surface area (TPSA) is 79.3 Å². The van der Waals surface area contributed by atoms with Crippen LogP contribution in [-0.4, -0.2) is 72.6 Å². The van der Waals surface area contributed by atoms with Gasteiger partial charge in [-0.3, -0.25) is 14.5 Å². The van der Waals surface area contributed by atoms with Crippen LogP contribution in [0.15, 0.2) is 48.0 Å². The molecule has 0 saturated carbocycles. The maximum Gasteiger partial charge on any atom is 0.295 e. The Kier molecular flexibility index (Phi) is 7.34. The van der Waals surface area contributed by atoms with Crippen LogP contribution in [0.25, 0.3) is 5.76 Å². The highest BCUT2D eigenvalue weighted by Gasteiger charge is 2.46. The van der Waals surface area contributed by atoms with Crippen LogP contribution < -0.4 is 4.74 Å². The highest BCUT2D eigenvalue weighted by molar-refractivity contribution is 6.46. The normalized spacial score (nSPS) is 20.7. The summed E-state index contributed by atoms with van der Waals surface area (Å²) in [5, 5.41) is 11.3. The number of benzene rings is 2. The summed E-state index contributed by atoms with van der Waals surface area (Å²) in [4.78, 5) is 30.2. The quantitative estimate of drug-likeness (QED) is 0.384. The largest absolute Gasteiger partial charge is 0.507 e. The second kappa shape index (κ2) is 10.4. The fraction of sp³-hybridized carbons (Fsp3) is 0.407. The minimum atomic E-state index is -0.654. The maximum absolute atomic E-state index is 13.2. The summed E-state index contributed by atoms with van der Waals surface area (Å²) in [7, 11) is 0. The molecule has 0 bridgehead atoms. The fourth-order valence-corrected chi connectivity index (χ4v) is 4.58. The molecule has 1 unspecified atom stereocenters. The molecule has 4 rings (SSSR count). The van der Waals surface area contributed by atoms with Crippen molar-refractivity contribution in [1.82, 2.24) is 9.80 Å². The van der Waals surface area contributed by atoms with Crippen molar-refractivity contribution in [2.75, 3.05) is 46.0 Å². The van der Waals surface area contributed by atoms with Gasteiger partial charge in [-0.1, -0.05) is 29.8 Å². The number of hydrogen-bond donors (Lipinski definition) is 1. The molecule has 2 aliphatic rings. The molecular formula is C27H32N2O5. The lowest BCUT2D eigenvalue weighted by Crippen LogP contribution is -2.42. The number of rotatable bonds is 7. The predicted octanol–water partition coefficient (Wildman–Crippen LogP) is 3.46. The first-order chi connectivity index (χ1) is 16.4. The van der Waals surface area contributed by atoms with Crippen LogP contribution in [0, 0.1) is 13.8 Å². The highest BCUT2D eigenvalue weighted by Crippen LogP contribution is 2.40. The number of carbonyl (C=O) groups excluding carboxylic acids is 2. The van der Waals surface area contributed by atoms with Crippen molar-refractivity contribution < 1.29 is 24.2 Å². The third kappa shape index (κ3) is 4.86. The van der Waals surface area contributed by atoms with Crippen LogP contribution in [0.2, 0.25) is 0 Å². The van der Waals surface area contributed by atoms with Crippen LogP contribution in [0.3, 0.4) is 0 Å². The summed E-state index contributed by atoms with van der Waals surface area (Å²) in [6.07, 6.45) is 0. The van der Waals surface area contributed by atoms with E-state index in [9.17, 15) is 14.7 Å². The van der Waals surface area contributed by atoms with Crippen molar-refractivity contribution in [2.45, 2.75) is 26.8 Å². The van der Waals surface area contributed by atoms with Gasteiger partial charge in [0, 0.05) is 31.7 Å². The fourth-order valence-electron chi connectivity index (χ4n) is 4.58. The lowest BCUT2D eigenvalue weighted by molar-refractivity contribution is -0.140. The van der Waals surface area contributed by atoms with Crippen molar-refractivity contribution in [3.05, 3.63) is 70.3 Å². The molecule has 0 spiro atoms. The Balaban J connectivity index is 1.74. The van der Waals surface area contributed by atoms with E-state index >= 15 is 0 Å². The molecule has 0 aromatic heterocycles.